The second-order valence-corrected chi connectivity index (χ2v) is 5.97. The molecule has 3 nitrogen and oxygen atoms in total. The topological polar surface area (TPSA) is 42.0 Å². The van der Waals surface area contributed by atoms with Crippen LogP contribution in [0.15, 0.2) is 52.0 Å². The van der Waals surface area contributed by atoms with Crippen molar-refractivity contribution < 1.29 is 4.79 Å². The molecule has 5 heteroatoms. The van der Waals surface area contributed by atoms with Gasteiger partial charge in [0.2, 0.25) is 0 Å². The predicted octanol–water partition coefficient (Wildman–Crippen LogP) is 4.21. The lowest BCUT2D eigenvalue weighted by Crippen LogP contribution is -2.14. The van der Waals surface area contributed by atoms with E-state index in [1.54, 1.807) is 30.1 Å². The van der Waals surface area contributed by atoms with Gasteiger partial charge in [-0.25, -0.2) is 4.98 Å². The summed E-state index contributed by atoms with van der Waals surface area (Å²) in [7, 11) is 0. The van der Waals surface area contributed by atoms with Crippen LogP contribution in [0.3, 0.4) is 0 Å². The van der Waals surface area contributed by atoms with E-state index in [0.717, 1.165) is 20.8 Å². The van der Waals surface area contributed by atoms with Crippen LogP contribution in [0.25, 0.3) is 0 Å². The van der Waals surface area contributed by atoms with Gasteiger partial charge in [0.25, 0.3) is 5.91 Å². The fraction of sp³-hybridized carbons (Fsp3) is 0.143. The highest BCUT2D eigenvalue weighted by Gasteiger charge is 2.09. The largest absolute Gasteiger partial charge is 0.320 e. The fourth-order valence-electron chi connectivity index (χ4n) is 1.55. The summed E-state index contributed by atoms with van der Waals surface area (Å²) in [6.45, 7) is 2.08. The minimum atomic E-state index is -0.198. The Kier molecular flexibility index (Phi) is 4.99. The molecular formula is C14H13BrN2OS. The Balaban J connectivity index is 2.16. The summed E-state index contributed by atoms with van der Waals surface area (Å²) in [6.07, 6.45) is 1.61. The molecule has 98 valence electrons. The first-order valence-corrected chi connectivity index (χ1v) is 7.63. The van der Waals surface area contributed by atoms with Crippen LogP contribution in [0.1, 0.15) is 17.4 Å². The summed E-state index contributed by atoms with van der Waals surface area (Å²) in [5, 5.41) is 2.89. The molecular weight excluding hydrogens is 324 g/mol. The third-order valence-electron chi connectivity index (χ3n) is 2.40. The van der Waals surface area contributed by atoms with E-state index < -0.39 is 0 Å². The molecule has 0 saturated carbocycles. The fourth-order valence-corrected chi connectivity index (χ4v) is 2.54. The third kappa shape index (κ3) is 3.81. The highest BCUT2D eigenvalue weighted by molar-refractivity contribution is 9.10. The van der Waals surface area contributed by atoms with Crippen LogP contribution in [0.2, 0.25) is 0 Å². The zero-order valence-electron chi connectivity index (χ0n) is 10.4. The van der Waals surface area contributed by atoms with E-state index in [4.69, 9.17) is 0 Å². The molecule has 0 radical (unpaired) electrons. The lowest BCUT2D eigenvalue weighted by molar-refractivity contribution is 0.102. The number of nitrogens with zero attached hydrogens (tertiary/aromatic N) is 1. The molecule has 0 fully saturated rings. The zero-order chi connectivity index (χ0) is 13.7. The average molecular weight is 337 g/mol. The van der Waals surface area contributed by atoms with Crippen LogP contribution in [0, 0.1) is 0 Å². The summed E-state index contributed by atoms with van der Waals surface area (Å²) >= 11 is 4.99. The summed E-state index contributed by atoms with van der Waals surface area (Å²) in [6, 6.07) is 11.3. The van der Waals surface area contributed by atoms with Gasteiger partial charge >= 0.3 is 0 Å². The van der Waals surface area contributed by atoms with E-state index in [1.165, 1.54) is 0 Å². The number of carbonyl (C=O) groups excluding carboxylic acids is 1. The van der Waals surface area contributed by atoms with Crippen molar-refractivity contribution in [3.63, 3.8) is 0 Å². The van der Waals surface area contributed by atoms with Crippen molar-refractivity contribution in [1.82, 2.24) is 4.98 Å². The number of para-hydroxylation sites is 1. The first-order chi connectivity index (χ1) is 9.20. The highest BCUT2D eigenvalue weighted by atomic mass is 79.9. The number of aromatic nitrogens is 1. The van der Waals surface area contributed by atoms with Crippen LogP contribution in [0.5, 0.6) is 0 Å². The molecule has 0 spiro atoms. The van der Waals surface area contributed by atoms with Gasteiger partial charge in [-0.15, -0.1) is 11.8 Å². The lowest BCUT2D eigenvalue weighted by Gasteiger charge is -2.09. The van der Waals surface area contributed by atoms with Gasteiger partial charge in [-0.1, -0.05) is 19.1 Å². The number of nitrogens with one attached hydrogen (secondary N) is 1. The molecule has 0 aliphatic heterocycles. The Bertz CT molecular complexity index is 572. The molecule has 2 aromatic rings. The van der Waals surface area contributed by atoms with E-state index in [1.807, 2.05) is 24.3 Å². The van der Waals surface area contributed by atoms with E-state index in [2.05, 4.69) is 33.2 Å². The van der Waals surface area contributed by atoms with Crippen LogP contribution in [-0.4, -0.2) is 16.6 Å². The third-order valence-corrected chi connectivity index (χ3v) is 3.82. The maximum absolute atomic E-state index is 12.1. The molecule has 1 N–H and O–H groups in total. The molecule has 1 heterocycles. The average Bonchev–Trinajstić information content (AvgIpc) is 2.42. The molecule has 0 atom stereocenters. The van der Waals surface area contributed by atoms with Crippen molar-refractivity contribution in [2.75, 3.05) is 11.1 Å². The van der Waals surface area contributed by atoms with Crippen LogP contribution in [-0.2, 0) is 0 Å². The Labute approximate surface area is 125 Å². The number of hydrogen-bond donors (Lipinski definition) is 1. The van der Waals surface area contributed by atoms with Gasteiger partial charge in [-0.2, -0.15) is 0 Å². The number of rotatable bonds is 4. The second-order valence-electron chi connectivity index (χ2n) is 3.74. The minimum Gasteiger partial charge on any atom is -0.320 e. The van der Waals surface area contributed by atoms with Gasteiger partial charge < -0.3 is 5.32 Å². The Morgan fingerprint density at radius 3 is 2.79 bits per heavy atom. The normalized spacial score (nSPS) is 10.2. The summed E-state index contributed by atoms with van der Waals surface area (Å²) in [4.78, 5) is 17.2. The Morgan fingerprint density at radius 2 is 2.11 bits per heavy atom. The smallest absolute Gasteiger partial charge is 0.274 e. The van der Waals surface area contributed by atoms with Crippen molar-refractivity contribution in [3.05, 3.63) is 52.8 Å². The van der Waals surface area contributed by atoms with Crippen molar-refractivity contribution >= 4 is 39.3 Å². The van der Waals surface area contributed by atoms with E-state index in [-0.39, 0.29) is 5.91 Å². The van der Waals surface area contributed by atoms with Gasteiger partial charge in [0.05, 0.1) is 5.69 Å². The van der Waals surface area contributed by atoms with Gasteiger partial charge in [-0.3, -0.25) is 4.79 Å². The molecule has 0 unspecified atom stereocenters. The number of halogens is 1. The van der Waals surface area contributed by atoms with Gasteiger partial charge in [0.15, 0.2) is 0 Å². The molecule has 0 saturated heterocycles. The predicted molar refractivity (Wildman–Crippen MR) is 82.7 cm³/mol. The summed E-state index contributed by atoms with van der Waals surface area (Å²) < 4.78 is 0.853. The molecule has 0 aliphatic rings. The van der Waals surface area contributed by atoms with Gasteiger partial charge in [0.1, 0.15) is 5.69 Å². The summed E-state index contributed by atoms with van der Waals surface area (Å²) in [5.41, 5.74) is 1.23. The SMILES string of the molecule is CCSc1ccccc1NC(=O)c1ccc(Br)cn1. The lowest BCUT2D eigenvalue weighted by atomic mass is 10.3. The molecule has 19 heavy (non-hydrogen) atoms. The number of benzene rings is 1. The van der Waals surface area contributed by atoms with E-state index in [9.17, 15) is 4.79 Å². The second kappa shape index (κ2) is 6.73. The minimum absolute atomic E-state index is 0.198. The maximum Gasteiger partial charge on any atom is 0.274 e. The zero-order valence-corrected chi connectivity index (χ0v) is 12.8. The maximum atomic E-state index is 12.1. The van der Waals surface area contributed by atoms with Crippen LogP contribution >= 0.6 is 27.7 Å². The monoisotopic (exact) mass is 336 g/mol. The first-order valence-electron chi connectivity index (χ1n) is 5.85. The quantitative estimate of drug-likeness (QED) is 0.850. The van der Waals surface area contributed by atoms with E-state index >= 15 is 0 Å². The van der Waals surface area contributed by atoms with Crippen molar-refractivity contribution in [1.29, 1.82) is 0 Å². The number of thioether (sulfide) groups is 1. The van der Waals surface area contributed by atoms with Gasteiger partial charge in [-0.05, 0) is 45.9 Å². The standard InChI is InChI=1S/C14H13BrN2OS/c1-2-19-13-6-4-3-5-11(13)17-14(18)12-8-7-10(15)9-16-12/h3-9H,2H2,1H3,(H,17,18). The van der Waals surface area contributed by atoms with Crippen molar-refractivity contribution in [2.45, 2.75) is 11.8 Å². The first kappa shape index (κ1) is 14.1. The van der Waals surface area contributed by atoms with Crippen LogP contribution < -0.4 is 5.32 Å². The molecule has 1 aromatic heterocycles. The van der Waals surface area contributed by atoms with E-state index in [0.29, 0.717) is 5.69 Å². The number of anilines is 1. The molecule has 2 rings (SSSR count). The van der Waals surface area contributed by atoms with Gasteiger partial charge in [0, 0.05) is 15.6 Å². The van der Waals surface area contributed by atoms with Crippen molar-refractivity contribution in [2.24, 2.45) is 0 Å². The highest BCUT2D eigenvalue weighted by Crippen LogP contribution is 2.26. The Morgan fingerprint density at radius 1 is 1.32 bits per heavy atom. The Hall–Kier alpha value is -1.33. The molecule has 0 bridgehead atoms. The van der Waals surface area contributed by atoms with Crippen molar-refractivity contribution in [3.8, 4) is 0 Å². The number of amides is 1. The van der Waals surface area contributed by atoms with Crippen LogP contribution in [0.4, 0.5) is 5.69 Å². The number of pyridine rings is 1. The number of carbonyl (C=O) groups is 1. The number of hydrogen-bond acceptors (Lipinski definition) is 3. The molecule has 1 aromatic carbocycles. The summed E-state index contributed by atoms with van der Waals surface area (Å²) in [5.74, 6) is 0.764. The molecule has 1 amide bonds. The molecule has 0 aliphatic carbocycles.